The summed E-state index contributed by atoms with van der Waals surface area (Å²) in [5.74, 6) is 0.951. The van der Waals surface area contributed by atoms with Gasteiger partial charge in [0.1, 0.15) is 12.4 Å². The number of halogens is 2. The van der Waals surface area contributed by atoms with Crippen molar-refractivity contribution in [2.24, 2.45) is 0 Å². The lowest BCUT2D eigenvalue weighted by molar-refractivity contribution is 0.265. The van der Waals surface area contributed by atoms with Gasteiger partial charge in [-0.15, -0.1) is 6.58 Å². The Labute approximate surface area is 150 Å². The normalized spacial score (nSPS) is 10.5. The smallest absolute Gasteiger partial charge is 0.162 e. The van der Waals surface area contributed by atoms with Crippen molar-refractivity contribution in [1.29, 1.82) is 0 Å². The second-order valence-corrected chi connectivity index (χ2v) is 5.98. The van der Waals surface area contributed by atoms with Crippen LogP contribution in [0.5, 0.6) is 11.5 Å². The lowest BCUT2D eigenvalue weighted by Gasteiger charge is -2.15. The number of nitrogens with one attached hydrogen (secondary N) is 1. The minimum absolute atomic E-state index is 0.146. The van der Waals surface area contributed by atoms with Gasteiger partial charge in [-0.3, -0.25) is 0 Å². The summed E-state index contributed by atoms with van der Waals surface area (Å²) in [5, 5.41) is 3.25. The zero-order valence-electron chi connectivity index (χ0n) is 13.6. The third-order valence-corrected chi connectivity index (χ3v) is 4.10. The van der Waals surface area contributed by atoms with Gasteiger partial charge in [0, 0.05) is 23.1 Å². The van der Waals surface area contributed by atoms with E-state index in [1.54, 1.807) is 18.2 Å². The third kappa shape index (κ3) is 5.08. The van der Waals surface area contributed by atoms with Crippen LogP contribution < -0.4 is 14.8 Å². The Morgan fingerprint density at radius 3 is 2.62 bits per heavy atom. The van der Waals surface area contributed by atoms with Crippen LogP contribution in [0.15, 0.2) is 53.5 Å². The second-order valence-electron chi connectivity index (χ2n) is 5.12. The highest BCUT2D eigenvalue weighted by Crippen LogP contribution is 2.34. The number of hydrogen-bond donors (Lipinski definition) is 1. The molecule has 5 heteroatoms. The highest BCUT2D eigenvalue weighted by Gasteiger charge is 2.12. The Kier molecular flexibility index (Phi) is 7.28. The summed E-state index contributed by atoms with van der Waals surface area (Å²) in [4.78, 5) is 0. The van der Waals surface area contributed by atoms with Crippen molar-refractivity contribution in [3.05, 3.63) is 70.5 Å². The lowest BCUT2D eigenvalue weighted by Crippen LogP contribution is -2.13. The Hall–Kier alpha value is -1.85. The predicted molar refractivity (Wildman–Crippen MR) is 97.9 cm³/mol. The van der Waals surface area contributed by atoms with Crippen molar-refractivity contribution in [3.8, 4) is 11.5 Å². The van der Waals surface area contributed by atoms with Crippen molar-refractivity contribution in [2.45, 2.75) is 20.1 Å². The topological polar surface area (TPSA) is 30.5 Å². The van der Waals surface area contributed by atoms with E-state index >= 15 is 0 Å². The molecular formula is C19H21BrFNO2. The molecule has 0 atom stereocenters. The van der Waals surface area contributed by atoms with Gasteiger partial charge in [0.2, 0.25) is 0 Å². The van der Waals surface area contributed by atoms with Gasteiger partial charge < -0.3 is 14.8 Å². The van der Waals surface area contributed by atoms with Crippen LogP contribution in [-0.4, -0.2) is 13.2 Å². The van der Waals surface area contributed by atoms with Crippen molar-refractivity contribution in [3.63, 3.8) is 0 Å². The highest BCUT2D eigenvalue weighted by molar-refractivity contribution is 9.10. The average Bonchev–Trinajstić information content (AvgIpc) is 2.57. The Morgan fingerprint density at radius 1 is 1.17 bits per heavy atom. The molecule has 3 nitrogen and oxygen atoms in total. The van der Waals surface area contributed by atoms with Gasteiger partial charge >= 0.3 is 0 Å². The molecule has 128 valence electrons. The summed E-state index contributed by atoms with van der Waals surface area (Å²) in [5.41, 5.74) is 1.56. The van der Waals surface area contributed by atoms with Crippen LogP contribution in [-0.2, 0) is 13.2 Å². The summed E-state index contributed by atoms with van der Waals surface area (Å²) in [7, 11) is 0. The van der Waals surface area contributed by atoms with Crippen LogP contribution in [0.2, 0.25) is 0 Å². The van der Waals surface area contributed by atoms with Gasteiger partial charge in [-0.1, -0.05) is 40.2 Å². The fourth-order valence-corrected chi connectivity index (χ4v) is 2.64. The van der Waals surface area contributed by atoms with Gasteiger partial charge in [-0.25, -0.2) is 4.39 Å². The van der Waals surface area contributed by atoms with E-state index in [0.717, 1.165) is 16.6 Å². The first-order chi connectivity index (χ1) is 11.7. The van der Waals surface area contributed by atoms with Crippen molar-refractivity contribution in [1.82, 2.24) is 5.32 Å². The second kappa shape index (κ2) is 9.45. The molecule has 0 unspecified atom stereocenters. The fraction of sp³-hybridized carbons (Fsp3) is 0.263. The van der Waals surface area contributed by atoms with Gasteiger partial charge in [-0.05, 0) is 30.7 Å². The molecular weight excluding hydrogens is 373 g/mol. The fourth-order valence-electron chi connectivity index (χ4n) is 2.17. The van der Waals surface area contributed by atoms with Crippen LogP contribution >= 0.6 is 15.9 Å². The first-order valence-corrected chi connectivity index (χ1v) is 8.58. The van der Waals surface area contributed by atoms with E-state index in [1.165, 1.54) is 6.07 Å². The summed E-state index contributed by atoms with van der Waals surface area (Å²) in [6.45, 7) is 7.68. The number of hydrogen-bond acceptors (Lipinski definition) is 3. The molecule has 0 spiro atoms. The van der Waals surface area contributed by atoms with Gasteiger partial charge in [0.05, 0.1) is 6.61 Å². The minimum Gasteiger partial charge on any atom is -0.490 e. The van der Waals surface area contributed by atoms with Crippen molar-refractivity contribution >= 4 is 15.9 Å². The van der Waals surface area contributed by atoms with Crippen LogP contribution in [0.3, 0.4) is 0 Å². The monoisotopic (exact) mass is 393 g/mol. The molecule has 0 heterocycles. The zero-order chi connectivity index (χ0) is 17.4. The largest absolute Gasteiger partial charge is 0.490 e. The van der Waals surface area contributed by atoms with Crippen LogP contribution in [0, 0.1) is 5.82 Å². The first-order valence-electron chi connectivity index (χ1n) is 7.78. The Morgan fingerprint density at radius 2 is 1.92 bits per heavy atom. The molecule has 0 aliphatic rings. The Bertz CT molecular complexity index is 691. The van der Waals surface area contributed by atoms with Crippen LogP contribution in [0.4, 0.5) is 4.39 Å². The van der Waals surface area contributed by atoms with Gasteiger partial charge in [-0.2, -0.15) is 0 Å². The molecule has 0 saturated heterocycles. The van der Waals surface area contributed by atoms with E-state index in [-0.39, 0.29) is 12.4 Å². The SMILES string of the molecule is C=CCNCc1cc(OCC)c(OCc2ccccc2F)cc1Br. The van der Waals surface area contributed by atoms with Crippen molar-refractivity contribution in [2.75, 3.05) is 13.2 Å². The molecule has 2 aromatic rings. The zero-order valence-corrected chi connectivity index (χ0v) is 15.2. The molecule has 0 fully saturated rings. The minimum atomic E-state index is -0.278. The molecule has 0 radical (unpaired) electrons. The molecule has 0 aliphatic carbocycles. The van der Waals surface area contributed by atoms with E-state index in [2.05, 4.69) is 27.8 Å². The molecule has 0 bridgehead atoms. The van der Waals surface area contributed by atoms with E-state index in [9.17, 15) is 4.39 Å². The highest BCUT2D eigenvalue weighted by atomic mass is 79.9. The van der Waals surface area contributed by atoms with E-state index in [1.807, 2.05) is 25.1 Å². The van der Waals surface area contributed by atoms with E-state index in [0.29, 0.717) is 30.2 Å². The molecule has 0 amide bonds. The molecule has 2 rings (SSSR count). The van der Waals surface area contributed by atoms with Gasteiger partial charge in [0.25, 0.3) is 0 Å². The molecule has 0 aromatic heterocycles. The predicted octanol–water partition coefficient (Wildman–Crippen LogP) is 4.84. The standard InChI is InChI=1S/C19H21BrFNO2/c1-3-9-22-12-15-10-18(23-4-2)19(11-16(15)20)24-13-14-7-5-6-8-17(14)21/h3,5-8,10-11,22H,1,4,9,12-13H2,2H3. The molecule has 24 heavy (non-hydrogen) atoms. The molecule has 0 saturated carbocycles. The molecule has 1 N–H and O–H groups in total. The number of benzene rings is 2. The third-order valence-electron chi connectivity index (χ3n) is 3.36. The molecule has 2 aromatic carbocycles. The maximum absolute atomic E-state index is 13.7. The quantitative estimate of drug-likeness (QED) is 0.488. The van der Waals surface area contributed by atoms with Crippen LogP contribution in [0.1, 0.15) is 18.1 Å². The summed E-state index contributed by atoms with van der Waals surface area (Å²) in [6.07, 6.45) is 1.81. The average molecular weight is 394 g/mol. The summed E-state index contributed by atoms with van der Waals surface area (Å²) >= 11 is 3.55. The summed E-state index contributed by atoms with van der Waals surface area (Å²) < 4.78 is 26.1. The lowest BCUT2D eigenvalue weighted by atomic mass is 10.2. The summed E-state index contributed by atoms with van der Waals surface area (Å²) in [6, 6.07) is 10.4. The van der Waals surface area contributed by atoms with E-state index in [4.69, 9.17) is 9.47 Å². The van der Waals surface area contributed by atoms with Crippen LogP contribution in [0.25, 0.3) is 0 Å². The first kappa shape index (κ1) is 18.5. The van der Waals surface area contributed by atoms with Crippen molar-refractivity contribution < 1.29 is 13.9 Å². The number of ether oxygens (including phenoxy) is 2. The maximum atomic E-state index is 13.7. The van der Waals surface area contributed by atoms with E-state index < -0.39 is 0 Å². The number of rotatable bonds is 9. The maximum Gasteiger partial charge on any atom is 0.162 e. The van der Waals surface area contributed by atoms with Gasteiger partial charge in [0.15, 0.2) is 11.5 Å². The Balaban J connectivity index is 2.17. The molecule has 0 aliphatic heterocycles.